The topological polar surface area (TPSA) is 64.2 Å². The van der Waals surface area contributed by atoms with E-state index in [0.717, 1.165) is 19.5 Å². The van der Waals surface area contributed by atoms with Crippen LogP contribution in [-0.4, -0.2) is 89.7 Å². The number of nitrogens with zero attached hydrogens (tertiary/aromatic N) is 4. The fourth-order valence-electron chi connectivity index (χ4n) is 4.13. The third kappa shape index (κ3) is 3.07. The van der Waals surface area contributed by atoms with E-state index in [2.05, 4.69) is 23.1 Å². The maximum atomic E-state index is 12.8. The number of fused-ring (bicyclic) bond motifs is 2. The molecule has 2 fully saturated rings. The minimum atomic E-state index is -0.527. The van der Waals surface area contributed by atoms with Gasteiger partial charge in [-0.15, -0.1) is 0 Å². The number of likely N-dealkylation sites (N-methyl/N-ethyl adjacent to an activating group) is 1. The Bertz CT molecular complexity index is 750. The SMILES string of the molecule is CN1CC(=O)N2CCN(C(=O)CN3CCc4ccccc4C3)C[C@H]2C1=O. The van der Waals surface area contributed by atoms with Crippen molar-refractivity contribution < 1.29 is 14.4 Å². The van der Waals surface area contributed by atoms with Crippen LogP contribution in [0.15, 0.2) is 24.3 Å². The Labute approximate surface area is 153 Å². The third-order valence-electron chi connectivity index (χ3n) is 5.66. The molecule has 0 N–H and O–H groups in total. The highest BCUT2D eigenvalue weighted by Crippen LogP contribution is 2.20. The number of rotatable bonds is 2. The van der Waals surface area contributed by atoms with Crippen LogP contribution < -0.4 is 0 Å². The van der Waals surface area contributed by atoms with Gasteiger partial charge in [-0.3, -0.25) is 19.3 Å². The smallest absolute Gasteiger partial charge is 0.247 e. The van der Waals surface area contributed by atoms with Gasteiger partial charge in [0.1, 0.15) is 6.04 Å². The second kappa shape index (κ2) is 6.72. The maximum absolute atomic E-state index is 12.8. The molecule has 3 aliphatic rings. The average Bonchev–Trinajstić information content (AvgIpc) is 2.65. The summed E-state index contributed by atoms with van der Waals surface area (Å²) in [6.45, 7) is 3.39. The molecule has 0 bridgehead atoms. The summed E-state index contributed by atoms with van der Waals surface area (Å²) < 4.78 is 0. The second-order valence-corrected chi connectivity index (χ2v) is 7.37. The lowest BCUT2D eigenvalue weighted by Crippen LogP contribution is -2.67. The molecule has 1 aromatic rings. The molecule has 0 aromatic heterocycles. The van der Waals surface area contributed by atoms with Gasteiger partial charge in [0.25, 0.3) is 0 Å². The highest BCUT2D eigenvalue weighted by molar-refractivity contribution is 5.95. The van der Waals surface area contributed by atoms with E-state index in [9.17, 15) is 14.4 Å². The van der Waals surface area contributed by atoms with Gasteiger partial charge in [-0.1, -0.05) is 24.3 Å². The Morgan fingerprint density at radius 3 is 2.65 bits per heavy atom. The molecule has 4 rings (SSSR count). The van der Waals surface area contributed by atoms with Gasteiger partial charge in [-0.05, 0) is 17.5 Å². The van der Waals surface area contributed by atoms with Crippen molar-refractivity contribution in [1.82, 2.24) is 19.6 Å². The molecule has 26 heavy (non-hydrogen) atoms. The van der Waals surface area contributed by atoms with Crippen molar-refractivity contribution in [3.8, 4) is 0 Å². The zero-order chi connectivity index (χ0) is 18.3. The van der Waals surface area contributed by atoms with Crippen LogP contribution in [0.3, 0.4) is 0 Å². The van der Waals surface area contributed by atoms with E-state index in [-0.39, 0.29) is 24.3 Å². The molecule has 7 heteroatoms. The molecule has 1 atom stereocenters. The molecule has 0 aliphatic carbocycles. The van der Waals surface area contributed by atoms with Crippen LogP contribution in [0.5, 0.6) is 0 Å². The Balaban J connectivity index is 1.39. The summed E-state index contributed by atoms with van der Waals surface area (Å²) >= 11 is 0. The number of piperazine rings is 2. The van der Waals surface area contributed by atoms with Crippen molar-refractivity contribution in [3.63, 3.8) is 0 Å². The van der Waals surface area contributed by atoms with Gasteiger partial charge < -0.3 is 14.7 Å². The van der Waals surface area contributed by atoms with Gasteiger partial charge in [0.05, 0.1) is 19.6 Å². The molecule has 2 saturated heterocycles. The summed E-state index contributed by atoms with van der Waals surface area (Å²) in [4.78, 5) is 44.3. The highest BCUT2D eigenvalue weighted by atomic mass is 16.2. The Kier molecular flexibility index (Phi) is 4.40. The average molecular weight is 356 g/mol. The van der Waals surface area contributed by atoms with Crippen molar-refractivity contribution in [2.24, 2.45) is 0 Å². The quantitative estimate of drug-likeness (QED) is 0.721. The van der Waals surface area contributed by atoms with E-state index in [4.69, 9.17) is 0 Å². The number of hydrogen-bond donors (Lipinski definition) is 0. The first-order valence-corrected chi connectivity index (χ1v) is 9.14. The van der Waals surface area contributed by atoms with Crippen LogP contribution in [0.1, 0.15) is 11.1 Å². The van der Waals surface area contributed by atoms with Crippen LogP contribution >= 0.6 is 0 Å². The number of carbonyl (C=O) groups is 3. The minimum absolute atomic E-state index is 0.0307. The van der Waals surface area contributed by atoms with E-state index in [1.165, 1.54) is 16.0 Å². The molecule has 0 radical (unpaired) electrons. The number of benzene rings is 1. The van der Waals surface area contributed by atoms with Crippen LogP contribution in [0, 0.1) is 0 Å². The molecule has 3 aliphatic heterocycles. The van der Waals surface area contributed by atoms with E-state index < -0.39 is 6.04 Å². The van der Waals surface area contributed by atoms with Crippen molar-refractivity contribution in [1.29, 1.82) is 0 Å². The van der Waals surface area contributed by atoms with Crippen molar-refractivity contribution in [2.45, 2.75) is 19.0 Å². The van der Waals surface area contributed by atoms with Crippen LogP contribution in [0.2, 0.25) is 0 Å². The molecule has 138 valence electrons. The number of hydrogen-bond acceptors (Lipinski definition) is 4. The largest absolute Gasteiger partial charge is 0.337 e. The zero-order valence-electron chi connectivity index (χ0n) is 15.1. The lowest BCUT2D eigenvalue weighted by molar-refractivity contribution is -0.160. The lowest BCUT2D eigenvalue weighted by atomic mass is 10.00. The molecular weight excluding hydrogens is 332 g/mol. The number of carbonyl (C=O) groups excluding carboxylic acids is 3. The second-order valence-electron chi connectivity index (χ2n) is 7.37. The summed E-state index contributed by atoms with van der Waals surface area (Å²) in [7, 11) is 1.64. The molecule has 0 saturated carbocycles. The Morgan fingerprint density at radius 1 is 1.08 bits per heavy atom. The summed E-state index contributed by atoms with van der Waals surface area (Å²) in [5, 5.41) is 0. The first kappa shape index (κ1) is 17.0. The fraction of sp³-hybridized carbons (Fsp3) is 0.526. The predicted molar refractivity (Wildman–Crippen MR) is 95.1 cm³/mol. The predicted octanol–water partition coefficient (Wildman–Crippen LogP) is -0.444. The minimum Gasteiger partial charge on any atom is -0.337 e. The highest BCUT2D eigenvalue weighted by Gasteiger charge is 2.42. The zero-order valence-corrected chi connectivity index (χ0v) is 15.1. The van der Waals surface area contributed by atoms with Crippen molar-refractivity contribution in [3.05, 3.63) is 35.4 Å². The van der Waals surface area contributed by atoms with Gasteiger partial charge in [-0.25, -0.2) is 0 Å². The van der Waals surface area contributed by atoms with Gasteiger partial charge in [0, 0.05) is 33.2 Å². The summed E-state index contributed by atoms with van der Waals surface area (Å²) in [6, 6.07) is 7.83. The van der Waals surface area contributed by atoms with Crippen LogP contribution in [0.25, 0.3) is 0 Å². The van der Waals surface area contributed by atoms with Crippen LogP contribution in [-0.2, 0) is 27.3 Å². The van der Waals surface area contributed by atoms with Crippen molar-refractivity contribution >= 4 is 17.7 Å². The van der Waals surface area contributed by atoms with Gasteiger partial charge >= 0.3 is 0 Å². The number of amides is 3. The Morgan fingerprint density at radius 2 is 1.85 bits per heavy atom. The summed E-state index contributed by atoms with van der Waals surface area (Å²) in [5.41, 5.74) is 2.64. The molecule has 0 unspecified atom stereocenters. The summed E-state index contributed by atoms with van der Waals surface area (Å²) in [5.74, 6) is -0.0663. The van der Waals surface area contributed by atoms with Gasteiger partial charge in [0.15, 0.2) is 0 Å². The van der Waals surface area contributed by atoms with E-state index >= 15 is 0 Å². The fourth-order valence-corrected chi connectivity index (χ4v) is 4.13. The molecule has 1 aromatic carbocycles. The van der Waals surface area contributed by atoms with Gasteiger partial charge in [-0.2, -0.15) is 0 Å². The third-order valence-corrected chi connectivity index (χ3v) is 5.66. The van der Waals surface area contributed by atoms with E-state index in [1.807, 2.05) is 6.07 Å². The van der Waals surface area contributed by atoms with Crippen molar-refractivity contribution in [2.75, 3.05) is 46.3 Å². The first-order chi connectivity index (χ1) is 12.5. The van der Waals surface area contributed by atoms with Crippen LogP contribution in [0.4, 0.5) is 0 Å². The van der Waals surface area contributed by atoms with E-state index in [1.54, 1.807) is 16.8 Å². The summed E-state index contributed by atoms with van der Waals surface area (Å²) in [6.07, 6.45) is 0.956. The van der Waals surface area contributed by atoms with Gasteiger partial charge in [0.2, 0.25) is 17.7 Å². The molecular formula is C19H24N4O3. The Hall–Kier alpha value is -2.41. The molecule has 3 heterocycles. The molecule has 0 spiro atoms. The first-order valence-electron chi connectivity index (χ1n) is 9.14. The normalized spacial score (nSPS) is 23.7. The lowest BCUT2D eigenvalue weighted by Gasteiger charge is -2.45. The molecule has 3 amide bonds. The molecule has 7 nitrogen and oxygen atoms in total. The standard InChI is InChI=1S/C19H24N4O3/c1-20-12-18(25)23-9-8-22(11-16(23)19(20)26)17(24)13-21-7-6-14-4-2-3-5-15(14)10-21/h2-5,16H,6-13H2,1H3/t16-/m0/s1. The maximum Gasteiger partial charge on any atom is 0.247 e. The van der Waals surface area contributed by atoms with E-state index in [0.29, 0.717) is 26.2 Å². The monoisotopic (exact) mass is 356 g/mol.